The summed E-state index contributed by atoms with van der Waals surface area (Å²) in [5.74, 6) is 1.75. The van der Waals surface area contributed by atoms with Crippen LogP contribution in [-0.2, 0) is 13.0 Å². The molecule has 0 bridgehead atoms. The van der Waals surface area contributed by atoms with Crippen LogP contribution >= 0.6 is 0 Å². The van der Waals surface area contributed by atoms with Gasteiger partial charge < -0.3 is 15.8 Å². The van der Waals surface area contributed by atoms with E-state index in [-0.39, 0.29) is 18.7 Å². The van der Waals surface area contributed by atoms with E-state index in [1.807, 2.05) is 0 Å². The van der Waals surface area contributed by atoms with Crippen LogP contribution in [-0.4, -0.2) is 27.1 Å². The first-order valence-electron chi connectivity index (χ1n) is 10.9. The number of nitrogens with one attached hydrogen (secondary N) is 1. The zero-order chi connectivity index (χ0) is 21.6. The van der Waals surface area contributed by atoms with Crippen LogP contribution in [0.2, 0.25) is 0 Å². The molecule has 0 aliphatic heterocycles. The average Bonchev–Trinajstić information content (AvgIpc) is 2.70. The molecule has 0 unspecified atom stereocenters. The van der Waals surface area contributed by atoms with Gasteiger partial charge in [-0.25, -0.2) is 15.0 Å². The van der Waals surface area contributed by atoms with E-state index in [4.69, 9.17) is 25.4 Å². The van der Waals surface area contributed by atoms with Crippen molar-refractivity contribution in [2.24, 2.45) is 5.73 Å². The van der Waals surface area contributed by atoms with Gasteiger partial charge in [-0.1, -0.05) is 34.6 Å². The SMILES string of the molecule is CCc1nc(OC(CC)CC)c(CN)nc1-c1ccc(C(C)C)nc1NC(C)C. The molecule has 3 N–H and O–H groups in total. The first kappa shape index (κ1) is 23.1. The molecule has 6 nitrogen and oxygen atoms in total. The molecule has 2 aromatic rings. The molecule has 0 saturated carbocycles. The Morgan fingerprint density at radius 2 is 1.66 bits per heavy atom. The second-order valence-electron chi connectivity index (χ2n) is 7.97. The number of nitrogens with two attached hydrogens (primary N) is 1. The van der Waals surface area contributed by atoms with Crippen LogP contribution in [0.3, 0.4) is 0 Å². The molecule has 2 rings (SSSR count). The second-order valence-corrected chi connectivity index (χ2v) is 7.97. The molecule has 0 aromatic carbocycles. The summed E-state index contributed by atoms with van der Waals surface area (Å²) in [4.78, 5) is 14.6. The Bertz CT molecular complexity index is 800. The van der Waals surface area contributed by atoms with E-state index in [0.717, 1.165) is 47.7 Å². The second kappa shape index (κ2) is 10.5. The van der Waals surface area contributed by atoms with Crippen molar-refractivity contribution in [2.75, 3.05) is 5.32 Å². The number of nitrogens with zero attached hydrogens (tertiary/aromatic N) is 3. The van der Waals surface area contributed by atoms with Gasteiger partial charge in [0.25, 0.3) is 0 Å². The van der Waals surface area contributed by atoms with Crippen LogP contribution in [0.5, 0.6) is 5.88 Å². The van der Waals surface area contributed by atoms with E-state index in [9.17, 15) is 0 Å². The summed E-state index contributed by atoms with van der Waals surface area (Å²) < 4.78 is 6.13. The van der Waals surface area contributed by atoms with E-state index in [0.29, 0.717) is 17.5 Å². The minimum Gasteiger partial charge on any atom is -0.473 e. The lowest BCUT2D eigenvalue weighted by Crippen LogP contribution is -2.19. The van der Waals surface area contributed by atoms with Crippen molar-refractivity contribution in [3.8, 4) is 17.1 Å². The average molecular weight is 400 g/mol. The maximum atomic E-state index is 6.13. The van der Waals surface area contributed by atoms with E-state index >= 15 is 0 Å². The predicted octanol–water partition coefficient (Wildman–Crippen LogP) is 5.07. The van der Waals surface area contributed by atoms with Crippen LogP contribution in [0, 0.1) is 0 Å². The summed E-state index contributed by atoms with van der Waals surface area (Å²) in [6.07, 6.45) is 2.72. The molecule has 0 fully saturated rings. The van der Waals surface area contributed by atoms with Crippen molar-refractivity contribution in [2.45, 2.75) is 92.3 Å². The Hall–Kier alpha value is -2.21. The largest absolute Gasteiger partial charge is 0.473 e. The summed E-state index contributed by atoms with van der Waals surface area (Å²) in [5, 5.41) is 3.48. The van der Waals surface area contributed by atoms with Crippen molar-refractivity contribution in [1.82, 2.24) is 15.0 Å². The molecule has 2 aromatic heterocycles. The van der Waals surface area contributed by atoms with Crippen molar-refractivity contribution in [1.29, 1.82) is 0 Å². The zero-order valence-electron chi connectivity index (χ0n) is 19.0. The van der Waals surface area contributed by atoms with Gasteiger partial charge in [0, 0.05) is 23.8 Å². The molecule has 29 heavy (non-hydrogen) atoms. The van der Waals surface area contributed by atoms with Gasteiger partial charge in [-0.05, 0) is 51.2 Å². The summed E-state index contributed by atoms with van der Waals surface area (Å²) in [7, 11) is 0. The topological polar surface area (TPSA) is 86.0 Å². The number of pyridine rings is 1. The highest BCUT2D eigenvalue weighted by atomic mass is 16.5. The van der Waals surface area contributed by atoms with E-state index in [2.05, 4.69) is 65.9 Å². The molecule has 0 saturated heterocycles. The highest BCUT2D eigenvalue weighted by Crippen LogP contribution is 2.32. The Morgan fingerprint density at radius 1 is 0.966 bits per heavy atom. The third-order valence-corrected chi connectivity index (χ3v) is 4.91. The highest BCUT2D eigenvalue weighted by molar-refractivity contribution is 5.75. The Labute approximate surface area is 175 Å². The molecule has 0 radical (unpaired) electrons. The summed E-state index contributed by atoms with van der Waals surface area (Å²) in [6, 6.07) is 4.43. The third-order valence-electron chi connectivity index (χ3n) is 4.91. The normalized spacial score (nSPS) is 11.6. The van der Waals surface area contributed by atoms with Crippen LogP contribution in [0.1, 0.15) is 84.3 Å². The Balaban J connectivity index is 2.61. The van der Waals surface area contributed by atoms with Crippen molar-refractivity contribution in [3.63, 3.8) is 0 Å². The van der Waals surface area contributed by atoms with Gasteiger partial charge in [-0.2, -0.15) is 0 Å². The Morgan fingerprint density at radius 3 is 2.17 bits per heavy atom. The minimum absolute atomic E-state index is 0.121. The number of rotatable bonds is 10. The van der Waals surface area contributed by atoms with E-state index in [1.54, 1.807) is 0 Å². The standard InChI is InChI=1S/C23H37N5O/c1-8-16(9-2)29-23-20(13-24)26-21(18(10-3)28-23)17-11-12-19(14(4)5)27-22(17)25-15(6)7/h11-12,14-16H,8-10,13,24H2,1-7H3,(H,25,27). The van der Waals surface area contributed by atoms with Crippen LogP contribution < -0.4 is 15.8 Å². The summed E-state index contributed by atoms with van der Waals surface area (Å²) in [5.41, 5.74) is 10.4. The number of hydrogen-bond donors (Lipinski definition) is 2. The minimum atomic E-state index is 0.121. The quantitative estimate of drug-likeness (QED) is 0.580. The summed E-state index contributed by atoms with van der Waals surface area (Å²) in [6.45, 7) is 15.1. The monoisotopic (exact) mass is 399 g/mol. The molecule has 6 heteroatoms. The van der Waals surface area contributed by atoms with E-state index in [1.165, 1.54) is 0 Å². The molecular formula is C23H37N5O. The van der Waals surface area contributed by atoms with Gasteiger partial charge in [-0.3, -0.25) is 0 Å². The molecule has 0 spiro atoms. The van der Waals surface area contributed by atoms with Crippen LogP contribution in [0.15, 0.2) is 12.1 Å². The van der Waals surface area contributed by atoms with Gasteiger partial charge in [0.2, 0.25) is 5.88 Å². The molecular weight excluding hydrogens is 362 g/mol. The number of anilines is 1. The fourth-order valence-corrected chi connectivity index (χ4v) is 3.16. The lowest BCUT2D eigenvalue weighted by atomic mass is 10.0. The molecule has 0 aliphatic carbocycles. The van der Waals surface area contributed by atoms with Crippen molar-refractivity contribution in [3.05, 3.63) is 29.2 Å². The molecule has 0 amide bonds. The highest BCUT2D eigenvalue weighted by Gasteiger charge is 2.20. The lowest BCUT2D eigenvalue weighted by Gasteiger charge is -2.20. The first-order valence-corrected chi connectivity index (χ1v) is 10.9. The molecule has 0 aliphatic rings. The molecule has 0 atom stereocenters. The van der Waals surface area contributed by atoms with Gasteiger partial charge in [0.05, 0.1) is 17.5 Å². The fourth-order valence-electron chi connectivity index (χ4n) is 3.16. The number of hydrogen-bond acceptors (Lipinski definition) is 6. The van der Waals surface area contributed by atoms with Crippen molar-refractivity contribution >= 4 is 5.82 Å². The van der Waals surface area contributed by atoms with Gasteiger partial charge in [-0.15, -0.1) is 0 Å². The number of aryl methyl sites for hydroxylation is 1. The van der Waals surface area contributed by atoms with Gasteiger partial charge >= 0.3 is 0 Å². The smallest absolute Gasteiger partial charge is 0.237 e. The number of aromatic nitrogens is 3. The summed E-state index contributed by atoms with van der Waals surface area (Å²) >= 11 is 0. The maximum Gasteiger partial charge on any atom is 0.237 e. The van der Waals surface area contributed by atoms with Crippen LogP contribution in [0.4, 0.5) is 5.82 Å². The lowest BCUT2D eigenvalue weighted by molar-refractivity contribution is 0.181. The zero-order valence-corrected chi connectivity index (χ0v) is 19.0. The molecule has 160 valence electrons. The molecule has 2 heterocycles. The number of ether oxygens (including phenoxy) is 1. The van der Waals surface area contributed by atoms with Gasteiger partial charge in [0.15, 0.2) is 0 Å². The predicted molar refractivity (Wildman–Crippen MR) is 120 cm³/mol. The van der Waals surface area contributed by atoms with Crippen LogP contribution in [0.25, 0.3) is 11.3 Å². The maximum absolute atomic E-state index is 6.13. The third kappa shape index (κ3) is 5.66. The van der Waals surface area contributed by atoms with E-state index < -0.39 is 0 Å². The van der Waals surface area contributed by atoms with Gasteiger partial charge in [0.1, 0.15) is 11.5 Å². The fraction of sp³-hybridized carbons (Fsp3) is 0.609. The first-order chi connectivity index (χ1) is 13.8. The van der Waals surface area contributed by atoms with Crippen molar-refractivity contribution < 1.29 is 4.74 Å². The Kier molecular flexibility index (Phi) is 8.38.